The molecule has 0 atom stereocenters. The minimum absolute atomic E-state index is 0.491. The minimum Gasteiger partial charge on any atom is -0.493 e. The van der Waals surface area contributed by atoms with Gasteiger partial charge in [-0.3, -0.25) is 0 Å². The molecule has 0 aliphatic carbocycles. The topological polar surface area (TPSA) is 48.1 Å². The zero-order chi connectivity index (χ0) is 13.0. The highest BCUT2D eigenvalue weighted by Crippen LogP contribution is 2.19. The van der Waals surface area contributed by atoms with Crippen LogP contribution in [0, 0.1) is 0 Å². The van der Waals surface area contributed by atoms with E-state index >= 15 is 0 Å². The SMILES string of the molecule is CC(C)c1csc(CCOc2cccc(N)c2)n1. The maximum atomic E-state index is 5.69. The first-order chi connectivity index (χ1) is 8.65. The van der Waals surface area contributed by atoms with Gasteiger partial charge in [-0.25, -0.2) is 4.98 Å². The summed E-state index contributed by atoms with van der Waals surface area (Å²) in [4.78, 5) is 4.57. The number of nitrogen functional groups attached to an aromatic ring is 1. The Hall–Kier alpha value is -1.55. The Bertz CT molecular complexity index is 508. The quantitative estimate of drug-likeness (QED) is 0.839. The fourth-order valence-corrected chi connectivity index (χ4v) is 2.51. The first-order valence-corrected chi connectivity index (χ1v) is 6.96. The van der Waals surface area contributed by atoms with Crippen LogP contribution in [0.5, 0.6) is 5.75 Å². The average Bonchev–Trinajstić information content (AvgIpc) is 2.78. The van der Waals surface area contributed by atoms with Gasteiger partial charge in [0.05, 0.1) is 17.3 Å². The highest BCUT2D eigenvalue weighted by molar-refractivity contribution is 7.09. The fraction of sp³-hybridized carbons (Fsp3) is 0.357. The van der Waals surface area contributed by atoms with Crippen molar-refractivity contribution in [2.75, 3.05) is 12.3 Å². The molecule has 0 aliphatic rings. The van der Waals surface area contributed by atoms with Crippen molar-refractivity contribution in [2.45, 2.75) is 26.2 Å². The number of nitrogens with two attached hydrogens (primary N) is 1. The van der Waals surface area contributed by atoms with E-state index in [1.54, 1.807) is 11.3 Å². The zero-order valence-corrected chi connectivity index (χ0v) is 11.5. The third-order valence-corrected chi connectivity index (χ3v) is 3.53. The number of ether oxygens (including phenoxy) is 1. The van der Waals surface area contributed by atoms with Crippen molar-refractivity contribution in [2.24, 2.45) is 0 Å². The molecule has 0 radical (unpaired) electrons. The highest BCUT2D eigenvalue weighted by atomic mass is 32.1. The molecule has 2 rings (SSSR count). The van der Waals surface area contributed by atoms with Gasteiger partial charge in [-0.05, 0) is 18.1 Å². The van der Waals surface area contributed by atoms with Crippen LogP contribution in [0.1, 0.15) is 30.5 Å². The monoisotopic (exact) mass is 262 g/mol. The van der Waals surface area contributed by atoms with Gasteiger partial charge in [0.2, 0.25) is 0 Å². The fourth-order valence-electron chi connectivity index (χ4n) is 1.57. The molecule has 1 heterocycles. The Balaban J connectivity index is 1.84. The van der Waals surface area contributed by atoms with Gasteiger partial charge >= 0.3 is 0 Å². The van der Waals surface area contributed by atoms with Gasteiger partial charge in [0, 0.05) is 23.6 Å². The van der Waals surface area contributed by atoms with Crippen molar-refractivity contribution in [1.82, 2.24) is 4.98 Å². The summed E-state index contributed by atoms with van der Waals surface area (Å²) in [5.74, 6) is 1.31. The van der Waals surface area contributed by atoms with E-state index in [-0.39, 0.29) is 0 Å². The van der Waals surface area contributed by atoms with Gasteiger partial charge in [0.25, 0.3) is 0 Å². The van der Waals surface area contributed by atoms with Crippen molar-refractivity contribution >= 4 is 17.0 Å². The molecule has 2 aromatic rings. The average molecular weight is 262 g/mol. The van der Waals surface area contributed by atoms with Gasteiger partial charge in [0.15, 0.2) is 0 Å². The lowest BCUT2D eigenvalue weighted by atomic mass is 10.2. The number of anilines is 1. The molecular formula is C14H18N2OS. The van der Waals surface area contributed by atoms with Crippen LogP contribution in [0.4, 0.5) is 5.69 Å². The Morgan fingerprint density at radius 1 is 1.39 bits per heavy atom. The largest absolute Gasteiger partial charge is 0.493 e. The lowest BCUT2D eigenvalue weighted by molar-refractivity contribution is 0.322. The van der Waals surface area contributed by atoms with E-state index < -0.39 is 0 Å². The van der Waals surface area contributed by atoms with Crippen molar-refractivity contribution in [3.05, 3.63) is 40.3 Å². The molecule has 1 aromatic carbocycles. The van der Waals surface area contributed by atoms with Gasteiger partial charge in [-0.2, -0.15) is 0 Å². The predicted octanol–water partition coefficient (Wildman–Crippen LogP) is 3.47. The van der Waals surface area contributed by atoms with Crippen molar-refractivity contribution in [3.63, 3.8) is 0 Å². The molecule has 18 heavy (non-hydrogen) atoms. The van der Waals surface area contributed by atoms with E-state index in [1.165, 1.54) is 5.69 Å². The standard InChI is InChI=1S/C14H18N2OS/c1-10(2)13-9-18-14(16-13)6-7-17-12-5-3-4-11(15)8-12/h3-5,8-10H,6-7,15H2,1-2H3. The van der Waals surface area contributed by atoms with Gasteiger partial charge < -0.3 is 10.5 Å². The summed E-state index contributed by atoms with van der Waals surface area (Å²) >= 11 is 1.70. The van der Waals surface area contributed by atoms with Gasteiger partial charge in [0.1, 0.15) is 5.75 Å². The number of rotatable bonds is 5. The van der Waals surface area contributed by atoms with Gasteiger partial charge in [-0.15, -0.1) is 11.3 Å². The Morgan fingerprint density at radius 3 is 2.89 bits per heavy atom. The number of aromatic nitrogens is 1. The molecule has 0 aliphatic heterocycles. The second-order valence-corrected chi connectivity index (χ2v) is 5.43. The van der Waals surface area contributed by atoms with Crippen LogP contribution in [0.15, 0.2) is 29.6 Å². The van der Waals surface area contributed by atoms with Crippen LogP contribution < -0.4 is 10.5 Å². The summed E-state index contributed by atoms with van der Waals surface area (Å²) < 4.78 is 5.65. The van der Waals surface area contributed by atoms with Crippen LogP contribution in [-0.4, -0.2) is 11.6 Å². The number of hydrogen-bond donors (Lipinski definition) is 1. The summed E-state index contributed by atoms with van der Waals surface area (Å²) in [6.07, 6.45) is 0.839. The number of nitrogens with zero attached hydrogens (tertiary/aromatic N) is 1. The Labute approximate surface area is 112 Å². The molecule has 96 valence electrons. The molecular weight excluding hydrogens is 244 g/mol. The lowest BCUT2D eigenvalue weighted by Crippen LogP contribution is -2.01. The molecule has 2 N–H and O–H groups in total. The molecule has 0 unspecified atom stereocenters. The van der Waals surface area contributed by atoms with Gasteiger partial charge in [-0.1, -0.05) is 19.9 Å². The van der Waals surface area contributed by atoms with Crippen molar-refractivity contribution in [1.29, 1.82) is 0 Å². The molecule has 4 heteroatoms. The molecule has 0 saturated carbocycles. The molecule has 0 spiro atoms. The van der Waals surface area contributed by atoms with Crippen LogP contribution in [-0.2, 0) is 6.42 Å². The highest BCUT2D eigenvalue weighted by Gasteiger charge is 2.05. The lowest BCUT2D eigenvalue weighted by Gasteiger charge is -2.05. The third-order valence-electron chi connectivity index (χ3n) is 2.60. The van der Waals surface area contributed by atoms with E-state index in [0.29, 0.717) is 12.5 Å². The first-order valence-electron chi connectivity index (χ1n) is 6.08. The van der Waals surface area contributed by atoms with Crippen LogP contribution in [0.3, 0.4) is 0 Å². The molecule has 0 amide bonds. The first kappa shape index (κ1) is 12.9. The molecule has 0 fully saturated rings. The predicted molar refractivity (Wildman–Crippen MR) is 76.3 cm³/mol. The molecule has 1 aromatic heterocycles. The smallest absolute Gasteiger partial charge is 0.121 e. The van der Waals surface area contributed by atoms with Crippen LogP contribution >= 0.6 is 11.3 Å². The summed E-state index contributed by atoms with van der Waals surface area (Å²) in [5.41, 5.74) is 7.58. The number of benzene rings is 1. The molecule has 0 bridgehead atoms. The second kappa shape index (κ2) is 5.87. The molecule has 3 nitrogen and oxygen atoms in total. The zero-order valence-electron chi connectivity index (χ0n) is 10.7. The number of hydrogen-bond acceptors (Lipinski definition) is 4. The maximum absolute atomic E-state index is 5.69. The maximum Gasteiger partial charge on any atom is 0.121 e. The number of thiazole rings is 1. The summed E-state index contributed by atoms with van der Waals surface area (Å²) in [6.45, 7) is 4.94. The van der Waals surface area contributed by atoms with E-state index in [0.717, 1.165) is 22.9 Å². The van der Waals surface area contributed by atoms with Crippen LogP contribution in [0.2, 0.25) is 0 Å². The van der Waals surface area contributed by atoms with E-state index in [2.05, 4.69) is 24.2 Å². The molecule has 0 saturated heterocycles. The third kappa shape index (κ3) is 3.47. The Kier molecular flexibility index (Phi) is 4.20. The van der Waals surface area contributed by atoms with E-state index in [9.17, 15) is 0 Å². The normalized spacial score (nSPS) is 10.8. The summed E-state index contributed by atoms with van der Waals surface area (Å²) in [6, 6.07) is 7.49. The minimum atomic E-state index is 0.491. The van der Waals surface area contributed by atoms with E-state index in [4.69, 9.17) is 10.5 Å². The van der Waals surface area contributed by atoms with Crippen LogP contribution in [0.25, 0.3) is 0 Å². The summed E-state index contributed by atoms with van der Waals surface area (Å²) in [5, 5.41) is 3.25. The second-order valence-electron chi connectivity index (χ2n) is 4.49. The van der Waals surface area contributed by atoms with Crippen molar-refractivity contribution in [3.8, 4) is 5.75 Å². The Morgan fingerprint density at radius 2 is 2.22 bits per heavy atom. The van der Waals surface area contributed by atoms with E-state index in [1.807, 2.05) is 24.3 Å². The summed E-state index contributed by atoms with van der Waals surface area (Å²) in [7, 11) is 0. The van der Waals surface area contributed by atoms with Crippen molar-refractivity contribution < 1.29 is 4.74 Å².